The number of hydrogen-bond acceptors (Lipinski definition) is 7. The number of aryl methyl sites for hydroxylation is 1. The lowest BCUT2D eigenvalue weighted by molar-refractivity contribution is -0.150. The molecule has 8 nitrogen and oxygen atoms in total. The predicted molar refractivity (Wildman–Crippen MR) is 122 cm³/mol. The van der Waals surface area contributed by atoms with Crippen molar-refractivity contribution >= 4 is 51.7 Å². The molecular weight excluding hydrogens is 456 g/mol. The van der Waals surface area contributed by atoms with Crippen LogP contribution >= 0.6 is 22.9 Å². The van der Waals surface area contributed by atoms with E-state index in [1.54, 1.807) is 39.0 Å². The summed E-state index contributed by atoms with van der Waals surface area (Å²) >= 11 is 7.26. The number of nitrogens with one attached hydrogen (secondary N) is 2. The molecule has 0 aliphatic rings. The van der Waals surface area contributed by atoms with E-state index in [9.17, 15) is 19.2 Å². The van der Waals surface area contributed by atoms with Crippen LogP contribution in [0.1, 0.15) is 45.0 Å². The summed E-state index contributed by atoms with van der Waals surface area (Å²) in [7, 11) is 1.26. The van der Waals surface area contributed by atoms with Crippen LogP contribution in [0, 0.1) is 19.8 Å². The van der Waals surface area contributed by atoms with Crippen molar-refractivity contribution in [1.29, 1.82) is 0 Å². The second-order valence-corrected chi connectivity index (χ2v) is 8.94. The average molecular weight is 481 g/mol. The van der Waals surface area contributed by atoms with E-state index < -0.39 is 36.4 Å². The highest BCUT2D eigenvalue weighted by Gasteiger charge is 2.28. The number of thiophene rings is 1. The Labute approximate surface area is 195 Å². The van der Waals surface area contributed by atoms with Gasteiger partial charge >= 0.3 is 11.9 Å². The molecule has 0 aliphatic carbocycles. The molecule has 1 atom stereocenters. The fourth-order valence-corrected chi connectivity index (χ4v) is 4.10. The van der Waals surface area contributed by atoms with Crippen molar-refractivity contribution in [2.24, 2.45) is 5.92 Å². The number of carbonyl (C=O) groups is 4. The van der Waals surface area contributed by atoms with E-state index in [4.69, 9.17) is 21.1 Å². The summed E-state index contributed by atoms with van der Waals surface area (Å²) < 4.78 is 9.89. The van der Waals surface area contributed by atoms with E-state index in [0.29, 0.717) is 10.6 Å². The molecule has 1 aromatic carbocycles. The van der Waals surface area contributed by atoms with Crippen LogP contribution < -0.4 is 10.6 Å². The Balaban J connectivity index is 2.03. The SMILES string of the molecule is COC(=O)c1c(NC(=O)COC(=O)[C@@H](NC(=O)c2ccccc2Cl)C(C)C)sc(C)c1C. The van der Waals surface area contributed by atoms with Gasteiger partial charge in [-0.3, -0.25) is 9.59 Å². The second kappa shape index (κ2) is 11.1. The van der Waals surface area contributed by atoms with Crippen molar-refractivity contribution < 1.29 is 28.7 Å². The first kappa shape index (κ1) is 25.4. The highest BCUT2D eigenvalue weighted by Crippen LogP contribution is 2.32. The van der Waals surface area contributed by atoms with Crippen LogP contribution in [0.3, 0.4) is 0 Å². The molecule has 2 amide bonds. The standard InChI is InChI=1S/C22H25ClN2O6S/c1-11(2)18(25-19(27)14-8-6-7-9-15(14)23)22(29)31-10-16(26)24-20-17(21(28)30-5)12(3)13(4)32-20/h6-9,11,18H,10H2,1-5H3,(H,24,26)(H,25,27)/t18-/m0/s1. The van der Waals surface area contributed by atoms with Crippen molar-refractivity contribution in [2.75, 3.05) is 19.0 Å². The van der Waals surface area contributed by atoms with Crippen LogP contribution in [0.15, 0.2) is 24.3 Å². The monoisotopic (exact) mass is 480 g/mol. The minimum Gasteiger partial charge on any atom is -0.465 e. The second-order valence-electron chi connectivity index (χ2n) is 7.31. The van der Waals surface area contributed by atoms with Crippen LogP contribution in [0.5, 0.6) is 0 Å². The van der Waals surface area contributed by atoms with Crippen LogP contribution in [0.4, 0.5) is 5.00 Å². The summed E-state index contributed by atoms with van der Waals surface area (Å²) in [5.74, 6) is -2.78. The van der Waals surface area contributed by atoms with Gasteiger partial charge in [-0.1, -0.05) is 37.6 Å². The maximum Gasteiger partial charge on any atom is 0.341 e. The molecule has 1 heterocycles. The number of hydrogen-bond donors (Lipinski definition) is 2. The van der Waals surface area contributed by atoms with Crippen LogP contribution in [0.2, 0.25) is 5.02 Å². The lowest BCUT2D eigenvalue weighted by Gasteiger charge is -2.21. The van der Waals surface area contributed by atoms with Crippen molar-refractivity contribution in [3.8, 4) is 0 Å². The maximum atomic E-state index is 12.6. The van der Waals surface area contributed by atoms with E-state index >= 15 is 0 Å². The van der Waals surface area contributed by atoms with Gasteiger partial charge in [-0.2, -0.15) is 0 Å². The lowest BCUT2D eigenvalue weighted by atomic mass is 10.0. The van der Waals surface area contributed by atoms with E-state index in [0.717, 1.165) is 4.88 Å². The Morgan fingerprint density at radius 3 is 2.38 bits per heavy atom. The molecule has 0 fully saturated rings. The molecular formula is C22H25ClN2O6S. The average Bonchev–Trinajstić information content (AvgIpc) is 3.02. The molecule has 0 bridgehead atoms. The summed E-state index contributed by atoms with van der Waals surface area (Å²) in [6, 6.07) is 5.47. The minimum absolute atomic E-state index is 0.226. The van der Waals surface area contributed by atoms with Gasteiger partial charge in [0, 0.05) is 4.88 Å². The van der Waals surface area contributed by atoms with Crippen molar-refractivity contribution in [2.45, 2.75) is 33.7 Å². The summed E-state index contributed by atoms with van der Waals surface area (Å²) in [6.07, 6.45) is 0. The van der Waals surface area contributed by atoms with Gasteiger partial charge < -0.3 is 20.1 Å². The van der Waals surface area contributed by atoms with Gasteiger partial charge in [0.2, 0.25) is 0 Å². The van der Waals surface area contributed by atoms with Crippen LogP contribution in [0.25, 0.3) is 0 Å². The highest BCUT2D eigenvalue weighted by molar-refractivity contribution is 7.16. The number of rotatable bonds is 8. The maximum absolute atomic E-state index is 12.6. The topological polar surface area (TPSA) is 111 Å². The number of halogens is 1. The minimum atomic E-state index is -0.983. The summed E-state index contributed by atoms with van der Waals surface area (Å²) in [5.41, 5.74) is 1.20. The Kier molecular flexibility index (Phi) is 8.80. The van der Waals surface area contributed by atoms with Gasteiger partial charge in [0.25, 0.3) is 11.8 Å². The van der Waals surface area contributed by atoms with Gasteiger partial charge in [0.05, 0.1) is 23.3 Å². The zero-order chi connectivity index (χ0) is 24.0. The normalized spacial score (nSPS) is 11.6. The molecule has 0 saturated carbocycles. The molecule has 172 valence electrons. The Bertz CT molecular complexity index is 1030. The fraction of sp³-hybridized carbons (Fsp3) is 0.364. The van der Waals surface area contributed by atoms with Gasteiger partial charge in [-0.25, -0.2) is 9.59 Å². The number of methoxy groups -OCH3 is 1. The van der Waals surface area contributed by atoms with E-state index in [-0.39, 0.29) is 22.1 Å². The third kappa shape index (κ3) is 6.08. The molecule has 10 heteroatoms. The third-order valence-corrected chi connectivity index (χ3v) is 6.15. The van der Waals surface area contributed by atoms with E-state index in [1.807, 2.05) is 6.92 Å². The number of anilines is 1. The number of benzene rings is 1. The Morgan fingerprint density at radius 1 is 1.12 bits per heavy atom. The molecule has 0 radical (unpaired) electrons. The Hall–Kier alpha value is -2.91. The quantitative estimate of drug-likeness (QED) is 0.557. The summed E-state index contributed by atoms with van der Waals surface area (Å²) in [6.45, 7) is 6.46. The third-order valence-electron chi connectivity index (χ3n) is 4.70. The molecule has 2 aromatic rings. The molecule has 0 saturated heterocycles. The largest absolute Gasteiger partial charge is 0.465 e. The molecule has 32 heavy (non-hydrogen) atoms. The lowest BCUT2D eigenvalue weighted by Crippen LogP contribution is -2.46. The van der Waals surface area contributed by atoms with Crippen molar-refractivity contribution in [3.63, 3.8) is 0 Å². The number of esters is 2. The summed E-state index contributed by atoms with van der Waals surface area (Å²) in [5, 5.41) is 5.75. The van der Waals surface area contributed by atoms with Crippen molar-refractivity contribution in [1.82, 2.24) is 5.32 Å². The first-order valence-corrected chi connectivity index (χ1v) is 11.0. The predicted octanol–water partition coefficient (Wildman–Crippen LogP) is 3.74. The molecule has 2 rings (SSSR count). The zero-order valence-corrected chi connectivity index (χ0v) is 20.0. The molecule has 1 aromatic heterocycles. The Morgan fingerprint density at radius 2 is 1.78 bits per heavy atom. The first-order valence-electron chi connectivity index (χ1n) is 9.77. The van der Waals surface area contributed by atoms with E-state index in [1.165, 1.54) is 24.5 Å². The fourth-order valence-electron chi connectivity index (χ4n) is 2.81. The molecule has 0 spiro atoms. The number of ether oxygens (including phenoxy) is 2. The van der Waals surface area contributed by atoms with Crippen LogP contribution in [-0.4, -0.2) is 43.5 Å². The van der Waals surface area contributed by atoms with Crippen LogP contribution in [-0.2, 0) is 19.1 Å². The van der Waals surface area contributed by atoms with Gasteiger partial charge in [-0.05, 0) is 37.5 Å². The number of amides is 2. The summed E-state index contributed by atoms with van der Waals surface area (Å²) in [4.78, 5) is 50.3. The first-order chi connectivity index (χ1) is 15.1. The van der Waals surface area contributed by atoms with E-state index in [2.05, 4.69) is 10.6 Å². The molecule has 0 aliphatic heterocycles. The molecule has 0 unspecified atom stereocenters. The zero-order valence-electron chi connectivity index (χ0n) is 18.4. The van der Waals surface area contributed by atoms with Gasteiger partial charge in [-0.15, -0.1) is 11.3 Å². The smallest absolute Gasteiger partial charge is 0.341 e. The van der Waals surface area contributed by atoms with Crippen molar-refractivity contribution in [3.05, 3.63) is 50.9 Å². The molecule has 2 N–H and O–H groups in total. The van der Waals surface area contributed by atoms with Gasteiger partial charge in [0.15, 0.2) is 6.61 Å². The number of carbonyl (C=O) groups excluding carboxylic acids is 4. The van der Waals surface area contributed by atoms with Gasteiger partial charge in [0.1, 0.15) is 11.0 Å². The highest BCUT2D eigenvalue weighted by atomic mass is 35.5.